The minimum Gasteiger partial charge on any atom is -0.297 e. The highest BCUT2D eigenvalue weighted by Gasteiger charge is 2.24. The number of H-pyrrole nitrogens is 1. The van der Waals surface area contributed by atoms with E-state index in [2.05, 4.69) is 44.4 Å². The van der Waals surface area contributed by atoms with Gasteiger partial charge < -0.3 is 0 Å². The Morgan fingerprint density at radius 1 is 1.45 bits per heavy atom. The second kappa shape index (κ2) is 5.75. The molecule has 1 N–H and O–H groups in total. The molecule has 2 aromatic rings. The summed E-state index contributed by atoms with van der Waals surface area (Å²) in [6.07, 6.45) is 4.43. The average Bonchev–Trinajstić information content (AvgIpc) is 3.08. The van der Waals surface area contributed by atoms with Crippen LogP contribution in [0.4, 0.5) is 0 Å². The van der Waals surface area contributed by atoms with Crippen LogP contribution in [0, 0.1) is 6.92 Å². The molecule has 0 amide bonds. The van der Waals surface area contributed by atoms with Gasteiger partial charge in [-0.2, -0.15) is 10.2 Å². The third-order valence-electron chi connectivity index (χ3n) is 3.89. The summed E-state index contributed by atoms with van der Waals surface area (Å²) in [6, 6.07) is 2.12. The molecule has 0 spiro atoms. The molecule has 1 atom stereocenters. The van der Waals surface area contributed by atoms with Crippen molar-refractivity contribution in [3.8, 4) is 0 Å². The van der Waals surface area contributed by atoms with Gasteiger partial charge >= 0.3 is 0 Å². The first-order valence-electron chi connectivity index (χ1n) is 7.38. The molecule has 6 heteroatoms. The van der Waals surface area contributed by atoms with Crippen LogP contribution < -0.4 is 0 Å². The van der Waals surface area contributed by atoms with Crippen LogP contribution in [0.5, 0.6) is 0 Å². The van der Waals surface area contributed by atoms with E-state index in [1.54, 1.807) is 0 Å². The van der Waals surface area contributed by atoms with Crippen LogP contribution in [0.3, 0.4) is 0 Å². The highest BCUT2D eigenvalue weighted by atomic mass is 15.3. The predicted molar refractivity (Wildman–Crippen MR) is 76.3 cm³/mol. The maximum atomic E-state index is 4.56. The SMILES string of the molecule is CCn1ccc(CN2CCC[C@H](c3n[nH]c(C)n3)C2)n1. The normalized spacial score (nSPS) is 20.4. The summed E-state index contributed by atoms with van der Waals surface area (Å²) in [5.74, 6) is 2.31. The lowest BCUT2D eigenvalue weighted by Crippen LogP contribution is -2.34. The molecule has 20 heavy (non-hydrogen) atoms. The number of nitrogens with one attached hydrogen (secondary N) is 1. The molecule has 0 unspecified atom stereocenters. The Balaban J connectivity index is 1.63. The lowest BCUT2D eigenvalue weighted by molar-refractivity contribution is 0.194. The van der Waals surface area contributed by atoms with Gasteiger partial charge in [0.2, 0.25) is 0 Å². The molecular formula is C14H22N6. The molecular weight excluding hydrogens is 252 g/mol. The molecule has 0 radical (unpaired) electrons. The van der Waals surface area contributed by atoms with E-state index < -0.39 is 0 Å². The number of rotatable bonds is 4. The van der Waals surface area contributed by atoms with Gasteiger partial charge in [0.15, 0.2) is 5.82 Å². The topological polar surface area (TPSA) is 62.6 Å². The molecule has 1 saturated heterocycles. The number of hydrogen-bond acceptors (Lipinski definition) is 4. The fraction of sp³-hybridized carbons (Fsp3) is 0.643. The Labute approximate surface area is 119 Å². The number of likely N-dealkylation sites (tertiary alicyclic amines) is 1. The minimum atomic E-state index is 0.446. The zero-order chi connectivity index (χ0) is 13.9. The van der Waals surface area contributed by atoms with Crippen molar-refractivity contribution < 1.29 is 0 Å². The number of aromatic nitrogens is 5. The van der Waals surface area contributed by atoms with Crippen LogP contribution in [0.15, 0.2) is 12.3 Å². The summed E-state index contributed by atoms with van der Waals surface area (Å²) in [7, 11) is 0. The molecule has 2 aromatic heterocycles. The molecule has 1 aliphatic rings. The smallest absolute Gasteiger partial charge is 0.155 e. The molecule has 1 aliphatic heterocycles. The van der Waals surface area contributed by atoms with Crippen molar-refractivity contribution in [3.05, 3.63) is 29.6 Å². The van der Waals surface area contributed by atoms with Crippen LogP contribution in [0.25, 0.3) is 0 Å². The monoisotopic (exact) mass is 274 g/mol. The van der Waals surface area contributed by atoms with Gasteiger partial charge in [-0.25, -0.2) is 4.98 Å². The second-order valence-electron chi connectivity index (χ2n) is 5.52. The lowest BCUT2D eigenvalue weighted by atomic mass is 9.97. The molecule has 3 heterocycles. The van der Waals surface area contributed by atoms with E-state index in [4.69, 9.17) is 0 Å². The van der Waals surface area contributed by atoms with Crippen LogP contribution in [-0.2, 0) is 13.1 Å². The van der Waals surface area contributed by atoms with Gasteiger partial charge in [-0.05, 0) is 39.3 Å². The van der Waals surface area contributed by atoms with Crippen molar-refractivity contribution in [2.45, 2.75) is 45.7 Å². The predicted octanol–water partition coefficient (Wildman–Crippen LogP) is 1.71. The quantitative estimate of drug-likeness (QED) is 0.922. The molecule has 0 bridgehead atoms. The number of hydrogen-bond donors (Lipinski definition) is 1. The Hall–Kier alpha value is -1.69. The average molecular weight is 274 g/mol. The van der Waals surface area contributed by atoms with E-state index in [9.17, 15) is 0 Å². The van der Waals surface area contributed by atoms with Crippen LogP contribution >= 0.6 is 0 Å². The lowest BCUT2D eigenvalue weighted by Gasteiger charge is -2.30. The van der Waals surface area contributed by atoms with E-state index in [0.29, 0.717) is 5.92 Å². The van der Waals surface area contributed by atoms with Gasteiger partial charge in [-0.3, -0.25) is 14.7 Å². The Bertz CT molecular complexity index is 558. The van der Waals surface area contributed by atoms with Crippen molar-refractivity contribution in [1.29, 1.82) is 0 Å². The Kier molecular flexibility index (Phi) is 3.82. The van der Waals surface area contributed by atoms with Gasteiger partial charge in [-0.15, -0.1) is 0 Å². The molecule has 0 aliphatic carbocycles. The van der Waals surface area contributed by atoms with Crippen molar-refractivity contribution >= 4 is 0 Å². The van der Waals surface area contributed by atoms with Gasteiger partial charge in [-0.1, -0.05) is 0 Å². The number of aromatic amines is 1. The standard InChI is InChI=1S/C14H22N6/c1-3-20-8-6-13(18-20)10-19-7-4-5-12(9-19)14-15-11(2)16-17-14/h6,8,12H,3-5,7,9-10H2,1-2H3,(H,15,16,17)/t12-/m0/s1. The van der Waals surface area contributed by atoms with E-state index in [0.717, 1.165) is 43.5 Å². The molecule has 0 aromatic carbocycles. The van der Waals surface area contributed by atoms with Gasteiger partial charge in [0.1, 0.15) is 5.82 Å². The number of piperidine rings is 1. The summed E-state index contributed by atoms with van der Waals surface area (Å²) >= 11 is 0. The molecule has 6 nitrogen and oxygen atoms in total. The highest BCUT2D eigenvalue weighted by Crippen LogP contribution is 2.25. The molecule has 108 valence electrons. The van der Waals surface area contributed by atoms with Crippen molar-refractivity contribution in [2.75, 3.05) is 13.1 Å². The minimum absolute atomic E-state index is 0.446. The fourth-order valence-corrected chi connectivity index (χ4v) is 2.85. The molecule has 0 saturated carbocycles. The van der Waals surface area contributed by atoms with Crippen LogP contribution in [0.1, 0.15) is 43.0 Å². The third-order valence-corrected chi connectivity index (χ3v) is 3.89. The van der Waals surface area contributed by atoms with Gasteiger partial charge in [0, 0.05) is 31.7 Å². The highest BCUT2D eigenvalue weighted by molar-refractivity contribution is 5.03. The largest absolute Gasteiger partial charge is 0.297 e. The third kappa shape index (κ3) is 2.90. The summed E-state index contributed by atoms with van der Waals surface area (Å²) < 4.78 is 1.98. The van der Waals surface area contributed by atoms with E-state index in [-0.39, 0.29) is 0 Å². The Morgan fingerprint density at radius 2 is 2.35 bits per heavy atom. The summed E-state index contributed by atoms with van der Waals surface area (Å²) in [4.78, 5) is 6.94. The van der Waals surface area contributed by atoms with Gasteiger partial charge in [0.25, 0.3) is 0 Å². The summed E-state index contributed by atoms with van der Waals surface area (Å²) in [5.41, 5.74) is 1.15. The van der Waals surface area contributed by atoms with E-state index in [1.807, 2.05) is 11.6 Å². The summed E-state index contributed by atoms with van der Waals surface area (Å²) in [6.45, 7) is 8.08. The number of nitrogens with zero attached hydrogens (tertiary/aromatic N) is 5. The number of aryl methyl sites for hydroxylation is 2. The first-order valence-corrected chi connectivity index (χ1v) is 7.38. The zero-order valence-electron chi connectivity index (χ0n) is 12.2. The summed E-state index contributed by atoms with van der Waals surface area (Å²) in [5, 5.41) is 11.8. The van der Waals surface area contributed by atoms with Gasteiger partial charge in [0.05, 0.1) is 5.69 Å². The van der Waals surface area contributed by atoms with Crippen LogP contribution in [-0.4, -0.2) is 43.0 Å². The zero-order valence-corrected chi connectivity index (χ0v) is 12.2. The molecule has 3 rings (SSSR count). The fourth-order valence-electron chi connectivity index (χ4n) is 2.85. The first kappa shape index (κ1) is 13.3. The Morgan fingerprint density at radius 3 is 3.05 bits per heavy atom. The van der Waals surface area contributed by atoms with Crippen LogP contribution in [0.2, 0.25) is 0 Å². The second-order valence-corrected chi connectivity index (χ2v) is 5.52. The van der Waals surface area contributed by atoms with E-state index >= 15 is 0 Å². The van der Waals surface area contributed by atoms with Crippen molar-refractivity contribution in [3.63, 3.8) is 0 Å². The van der Waals surface area contributed by atoms with E-state index in [1.165, 1.54) is 12.8 Å². The first-order chi connectivity index (χ1) is 9.74. The van der Waals surface area contributed by atoms with Crippen molar-refractivity contribution in [1.82, 2.24) is 29.9 Å². The molecule has 1 fully saturated rings. The maximum absolute atomic E-state index is 4.56. The van der Waals surface area contributed by atoms with Crippen molar-refractivity contribution in [2.24, 2.45) is 0 Å². The maximum Gasteiger partial charge on any atom is 0.155 e.